The Labute approximate surface area is 144 Å². The number of halogens is 1. The van der Waals surface area contributed by atoms with Crippen LogP contribution in [-0.2, 0) is 0 Å². The summed E-state index contributed by atoms with van der Waals surface area (Å²) in [7, 11) is 0. The Kier molecular flexibility index (Phi) is 4.91. The zero-order valence-electron chi connectivity index (χ0n) is 13.0. The third-order valence-corrected chi connectivity index (χ3v) is 4.53. The van der Waals surface area contributed by atoms with Crippen molar-refractivity contribution in [2.75, 3.05) is 5.32 Å². The molecule has 2 N–H and O–H groups in total. The second-order valence-corrected chi connectivity index (χ2v) is 6.76. The van der Waals surface area contributed by atoms with E-state index in [1.807, 2.05) is 25.1 Å². The number of aryl methyl sites for hydroxylation is 1. The second-order valence-electron chi connectivity index (χ2n) is 5.84. The van der Waals surface area contributed by atoms with E-state index < -0.39 is 0 Å². The van der Waals surface area contributed by atoms with Crippen molar-refractivity contribution in [3.05, 3.63) is 46.1 Å². The lowest BCUT2D eigenvalue weighted by molar-refractivity contribution is 0.0932. The highest BCUT2D eigenvalue weighted by atomic mass is 79.9. The molecule has 1 saturated carbocycles. The molecule has 0 spiro atoms. The highest BCUT2D eigenvalue weighted by Gasteiger charge is 2.18. The van der Waals surface area contributed by atoms with Crippen molar-refractivity contribution in [2.24, 2.45) is 0 Å². The maximum Gasteiger partial charge on any atom is 0.272 e. The molecule has 0 unspecified atom stereocenters. The van der Waals surface area contributed by atoms with Gasteiger partial charge in [-0.25, -0.2) is 0 Å². The van der Waals surface area contributed by atoms with E-state index in [9.17, 15) is 4.79 Å². The van der Waals surface area contributed by atoms with Crippen molar-refractivity contribution in [3.63, 3.8) is 0 Å². The number of hydrogen-bond donors (Lipinski definition) is 2. The molecule has 1 heterocycles. The first-order valence-electron chi connectivity index (χ1n) is 7.79. The van der Waals surface area contributed by atoms with Gasteiger partial charge in [0.1, 0.15) is 0 Å². The monoisotopic (exact) mass is 374 g/mol. The van der Waals surface area contributed by atoms with Crippen LogP contribution in [0.15, 0.2) is 34.8 Å². The first kappa shape index (κ1) is 15.9. The van der Waals surface area contributed by atoms with E-state index in [4.69, 9.17) is 0 Å². The minimum Gasteiger partial charge on any atom is -0.348 e. The Balaban J connectivity index is 1.65. The molecule has 23 heavy (non-hydrogen) atoms. The molecule has 0 atom stereocenters. The molecule has 1 aromatic carbocycles. The number of benzene rings is 1. The van der Waals surface area contributed by atoms with Crippen LogP contribution in [0.4, 0.5) is 11.5 Å². The van der Waals surface area contributed by atoms with Crippen molar-refractivity contribution >= 4 is 33.3 Å². The fourth-order valence-electron chi connectivity index (χ4n) is 2.75. The molecule has 5 nitrogen and oxygen atoms in total. The maximum atomic E-state index is 12.1. The second kappa shape index (κ2) is 7.08. The minimum atomic E-state index is -0.143. The number of nitrogens with zero attached hydrogens (tertiary/aromatic N) is 2. The number of aromatic nitrogens is 2. The first-order valence-corrected chi connectivity index (χ1v) is 8.59. The lowest BCUT2D eigenvalue weighted by atomic mass is 10.2. The molecule has 1 aliphatic carbocycles. The van der Waals surface area contributed by atoms with Gasteiger partial charge in [0, 0.05) is 16.2 Å². The van der Waals surface area contributed by atoms with Gasteiger partial charge < -0.3 is 10.6 Å². The number of carbonyl (C=O) groups excluding carboxylic acids is 1. The predicted molar refractivity (Wildman–Crippen MR) is 93.9 cm³/mol. The molecular weight excluding hydrogens is 356 g/mol. The van der Waals surface area contributed by atoms with Crippen LogP contribution >= 0.6 is 15.9 Å². The molecule has 1 aliphatic rings. The van der Waals surface area contributed by atoms with E-state index in [2.05, 4.69) is 36.8 Å². The molecule has 0 aliphatic heterocycles. The topological polar surface area (TPSA) is 66.9 Å². The Morgan fingerprint density at radius 3 is 2.61 bits per heavy atom. The maximum absolute atomic E-state index is 12.1. The quantitative estimate of drug-likeness (QED) is 0.849. The SMILES string of the molecule is Cc1cc(Br)ccc1Nc1ccc(C(=O)NC2CCCC2)nn1. The summed E-state index contributed by atoms with van der Waals surface area (Å²) in [5, 5.41) is 14.4. The number of amides is 1. The standard InChI is InChI=1S/C17H19BrN4O/c1-11-10-12(18)6-7-14(11)20-16-9-8-15(21-22-16)17(23)19-13-4-2-3-5-13/h6-10,13H,2-5H2,1H3,(H,19,23)(H,20,22). The zero-order chi connectivity index (χ0) is 16.2. The lowest BCUT2D eigenvalue weighted by Gasteiger charge is -2.11. The van der Waals surface area contributed by atoms with E-state index >= 15 is 0 Å². The highest BCUT2D eigenvalue weighted by Crippen LogP contribution is 2.23. The van der Waals surface area contributed by atoms with Crippen LogP contribution in [0.2, 0.25) is 0 Å². The Hall–Kier alpha value is -1.95. The minimum absolute atomic E-state index is 0.143. The van der Waals surface area contributed by atoms with Crippen molar-refractivity contribution in [1.29, 1.82) is 0 Å². The summed E-state index contributed by atoms with van der Waals surface area (Å²) < 4.78 is 1.03. The summed E-state index contributed by atoms with van der Waals surface area (Å²) in [6.45, 7) is 2.02. The van der Waals surface area contributed by atoms with Crippen LogP contribution in [0.3, 0.4) is 0 Å². The van der Waals surface area contributed by atoms with Crippen molar-refractivity contribution in [2.45, 2.75) is 38.6 Å². The van der Waals surface area contributed by atoms with E-state index in [0.717, 1.165) is 28.6 Å². The summed E-state index contributed by atoms with van der Waals surface area (Å²) in [5.74, 6) is 0.476. The number of nitrogens with one attached hydrogen (secondary N) is 2. The molecule has 0 radical (unpaired) electrons. The molecular formula is C17H19BrN4O. The van der Waals surface area contributed by atoms with Gasteiger partial charge in [-0.3, -0.25) is 4.79 Å². The Morgan fingerprint density at radius 1 is 1.17 bits per heavy atom. The molecule has 2 aromatic rings. The van der Waals surface area contributed by atoms with E-state index in [1.165, 1.54) is 12.8 Å². The summed E-state index contributed by atoms with van der Waals surface area (Å²) in [6.07, 6.45) is 4.49. The van der Waals surface area contributed by atoms with Gasteiger partial charge in [-0.05, 0) is 55.7 Å². The van der Waals surface area contributed by atoms with Gasteiger partial charge in [-0.2, -0.15) is 0 Å². The van der Waals surface area contributed by atoms with Crippen molar-refractivity contribution < 1.29 is 4.79 Å². The third kappa shape index (κ3) is 4.07. The van der Waals surface area contributed by atoms with Crippen LogP contribution in [0.1, 0.15) is 41.7 Å². The smallest absolute Gasteiger partial charge is 0.272 e. The van der Waals surface area contributed by atoms with Gasteiger partial charge in [0.25, 0.3) is 5.91 Å². The molecule has 3 rings (SSSR count). The van der Waals surface area contributed by atoms with Crippen LogP contribution in [-0.4, -0.2) is 22.1 Å². The Bertz CT molecular complexity index is 696. The van der Waals surface area contributed by atoms with Crippen LogP contribution in [0, 0.1) is 6.92 Å². The molecule has 1 aromatic heterocycles. The number of anilines is 2. The van der Waals surface area contributed by atoms with Crippen LogP contribution in [0.5, 0.6) is 0 Å². The molecule has 0 saturated heterocycles. The average molecular weight is 375 g/mol. The van der Waals surface area contributed by atoms with E-state index in [1.54, 1.807) is 12.1 Å². The summed E-state index contributed by atoms with van der Waals surface area (Å²) in [5.41, 5.74) is 2.42. The normalized spacial score (nSPS) is 14.7. The molecule has 0 bridgehead atoms. The Morgan fingerprint density at radius 2 is 1.96 bits per heavy atom. The fourth-order valence-corrected chi connectivity index (χ4v) is 3.23. The van der Waals surface area contributed by atoms with Gasteiger partial charge in [-0.1, -0.05) is 28.8 Å². The number of carbonyl (C=O) groups is 1. The molecule has 1 amide bonds. The van der Waals surface area contributed by atoms with Crippen LogP contribution in [0.25, 0.3) is 0 Å². The average Bonchev–Trinajstić information content (AvgIpc) is 3.04. The van der Waals surface area contributed by atoms with Crippen molar-refractivity contribution in [3.8, 4) is 0 Å². The number of rotatable bonds is 4. The zero-order valence-corrected chi connectivity index (χ0v) is 14.6. The predicted octanol–water partition coefficient (Wildman–Crippen LogP) is 3.96. The lowest BCUT2D eigenvalue weighted by Crippen LogP contribution is -2.33. The van der Waals surface area contributed by atoms with Crippen molar-refractivity contribution in [1.82, 2.24) is 15.5 Å². The summed E-state index contributed by atoms with van der Waals surface area (Å²) in [6, 6.07) is 9.73. The van der Waals surface area contributed by atoms with Gasteiger partial charge in [0.2, 0.25) is 0 Å². The van der Waals surface area contributed by atoms with E-state index in [-0.39, 0.29) is 11.9 Å². The molecule has 6 heteroatoms. The van der Waals surface area contributed by atoms with Gasteiger partial charge in [0.05, 0.1) is 0 Å². The summed E-state index contributed by atoms with van der Waals surface area (Å²) >= 11 is 3.44. The largest absolute Gasteiger partial charge is 0.348 e. The van der Waals surface area contributed by atoms with Gasteiger partial charge in [-0.15, -0.1) is 10.2 Å². The van der Waals surface area contributed by atoms with Gasteiger partial charge >= 0.3 is 0 Å². The molecule has 1 fully saturated rings. The van der Waals surface area contributed by atoms with E-state index in [0.29, 0.717) is 11.5 Å². The highest BCUT2D eigenvalue weighted by molar-refractivity contribution is 9.10. The number of hydrogen-bond acceptors (Lipinski definition) is 4. The van der Waals surface area contributed by atoms with Gasteiger partial charge in [0.15, 0.2) is 11.5 Å². The van der Waals surface area contributed by atoms with Crippen LogP contribution < -0.4 is 10.6 Å². The molecule has 120 valence electrons. The first-order chi connectivity index (χ1) is 11.1. The summed E-state index contributed by atoms with van der Waals surface area (Å²) in [4.78, 5) is 12.1. The third-order valence-electron chi connectivity index (χ3n) is 4.04. The fraction of sp³-hybridized carbons (Fsp3) is 0.353.